The van der Waals surface area contributed by atoms with Crippen LogP contribution in [0.25, 0.3) is 0 Å². The standard InChI is InChI=1S/C15H30N2OS/c1-5-7-15(8-10-16-11-9-15)14(18)17(3)13(6-2)12-19-4/h13,16H,5-12H2,1-4H3. The minimum Gasteiger partial charge on any atom is -0.341 e. The minimum absolute atomic E-state index is 0.0966. The van der Waals surface area contributed by atoms with E-state index in [1.54, 1.807) is 0 Å². The van der Waals surface area contributed by atoms with Crippen molar-refractivity contribution in [3.63, 3.8) is 0 Å². The highest BCUT2D eigenvalue weighted by atomic mass is 32.2. The molecule has 1 aliphatic heterocycles. The number of nitrogens with one attached hydrogen (secondary N) is 1. The van der Waals surface area contributed by atoms with Gasteiger partial charge in [-0.25, -0.2) is 0 Å². The van der Waals surface area contributed by atoms with Gasteiger partial charge in [0.05, 0.1) is 5.41 Å². The van der Waals surface area contributed by atoms with Gasteiger partial charge < -0.3 is 10.2 Å². The predicted molar refractivity (Wildman–Crippen MR) is 84.7 cm³/mol. The SMILES string of the molecule is CCCC1(C(=O)N(C)C(CC)CSC)CCNCC1. The molecule has 1 atom stereocenters. The van der Waals surface area contributed by atoms with E-state index < -0.39 is 0 Å². The Labute approximate surface area is 122 Å². The second-order valence-corrected chi connectivity index (χ2v) is 6.62. The van der Waals surface area contributed by atoms with Crippen LogP contribution in [0.15, 0.2) is 0 Å². The summed E-state index contributed by atoms with van der Waals surface area (Å²) in [5.41, 5.74) is -0.0966. The highest BCUT2D eigenvalue weighted by molar-refractivity contribution is 7.98. The highest BCUT2D eigenvalue weighted by Gasteiger charge is 2.41. The van der Waals surface area contributed by atoms with Crippen LogP contribution in [-0.2, 0) is 4.79 Å². The van der Waals surface area contributed by atoms with Crippen LogP contribution >= 0.6 is 11.8 Å². The molecule has 0 saturated carbocycles. The molecule has 1 heterocycles. The van der Waals surface area contributed by atoms with Crippen LogP contribution in [0, 0.1) is 5.41 Å². The van der Waals surface area contributed by atoms with Gasteiger partial charge in [0, 0.05) is 18.8 Å². The third-order valence-corrected chi connectivity index (χ3v) is 5.16. The van der Waals surface area contributed by atoms with Crippen LogP contribution in [0.2, 0.25) is 0 Å². The molecule has 19 heavy (non-hydrogen) atoms. The molecule has 3 nitrogen and oxygen atoms in total. The Bertz CT molecular complexity index is 272. The first-order valence-corrected chi connectivity index (χ1v) is 8.97. The molecule has 0 aromatic rings. The zero-order chi connectivity index (χ0) is 14.3. The van der Waals surface area contributed by atoms with Crippen molar-refractivity contribution in [3.8, 4) is 0 Å². The van der Waals surface area contributed by atoms with Crippen LogP contribution in [0.5, 0.6) is 0 Å². The van der Waals surface area contributed by atoms with Crippen LogP contribution in [0.3, 0.4) is 0 Å². The monoisotopic (exact) mass is 286 g/mol. The first-order chi connectivity index (χ1) is 9.11. The summed E-state index contributed by atoms with van der Waals surface area (Å²) in [4.78, 5) is 15.0. The molecule has 0 aromatic carbocycles. The molecular weight excluding hydrogens is 256 g/mol. The van der Waals surface area contributed by atoms with E-state index in [0.717, 1.165) is 50.9 Å². The van der Waals surface area contributed by atoms with E-state index in [9.17, 15) is 4.79 Å². The molecule has 0 spiro atoms. The van der Waals surface area contributed by atoms with Gasteiger partial charge in [-0.3, -0.25) is 4.79 Å². The maximum atomic E-state index is 13.0. The molecule has 1 saturated heterocycles. The summed E-state index contributed by atoms with van der Waals surface area (Å²) in [6.45, 7) is 6.34. The summed E-state index contributed by atoms with van der Waals surface area (Å²) in [5, 5.41) is 3.39. The van der Waals surface area contributed by atoms with Gasteiger partial charge >= 0.3 is 0 Å². The molecule has 1 rings (SSSR count). The van der Waals surface area contributed by atoms with E-state index in [1.165, 1.54) is 0 Å². The lowest BCUT2D eigenvalue weighted by Gasteiger charge is -2.41. The lowest BCUT2D eigenvalue weighted by Crippen LogP contribution is -2.51. The van der Waals surface area contributed by atoms with Crippen molar-refractivity contribution >= 4 is 17.7 Å². The summed E-state index contributed by atoms with van der Waals surface area (Å²) in [6, 6.07) is 0.381. The van der Waals surface area contributed by atoms with Crippen molar-refractivity contribution in [2.24, 2.45) is 5.41 Å². The summed E-state index contributed by atoms with van der Waals surface area (Å²) < 4.78 is 0. The first-order valence-electron chi connectivity index (χ1n) is 7.58. The van der Waals surface area contributed by atoms with Gasteiger partial charge in [0.25, 0.3) is 0 Å². The number of hydrogen-bond donors (Lipinski definition) is 1. The molecule has 0 radical (unpaired) electrons. The third kappa shape index (κ3) is 4.12. The van der Waals surface area contributed by atoms with Crippen LogP contribution in [0.4, 0.5) is 0 Å². The third-order valence-electron chi connectivity index (χ3n) is 4.44. The normalized spacial score (nSPS) is 20.0. The molecule has 1 amide bonds. The summed E-state index contributed by atoms with van der Waals surface area (Å²) in [6.07, 6.45) is 7.29. The Morgan fingerprint density at radius 1 is 1.37 bits per heavy atom. The molecule has 112 valence electrons. The maximum Gasteiger partial charge on any atom is 0.228 e. The number of piperidine rings is 1. The maximum absolute atomic E-state index is 13.0. The van der Waals surface area contributed by atoms with Crippen molar-refractivity contribution in [1.82, 2.24) is 10.2 Å². The summed E-state index contributed by atoms with van der Waals surface area (Å²) >= 11 is 1.83. The average Bonchev–Trinajstić information content (AvgIpc) is 2.44. The van der Waals surface area contributed by atoms with E-state index in [0.29, 0.717) is 11.9 Å². The van der Waals surface area contributed by atoms with Crippen molar-refractivity contribution < 1.29 is 4.79 Å². The van der Waals surface area contributed by atoms with Crippen molar-refractivity contribution in [1.29, 1.82) is 0 Å². The quantitative estimate of drug-likeness (QED) is 0.781. The van der Waals surface area contributed by atoms with Gasteiger partial charge in [-0.15, -0.1) is 0 Å². The lowest BCUT2D eigenvalue weighted by atomic mass is 9.74. The summed E-state index contributed by atoms with van der Waals surface area (Å²) in [5.74, 6) is 1.43. The van der Waals surface area contributed by atoms with E-state index in [4.69, 9.17) is 0 Å². The number of hydrogen-bond acceptors (Lipinski definition) is 3. The van der Waals surface area contributed by atoms with E-state index in [-0.39, 0.29) is 5.41 Å². The lowest BCUT2D eigenvalue weighted by molar-refractivity contribution is -0.145. The van der Waals surface area contributed by atoms with Crippen molar-refractivity contribution in [2.75, 3.05) is 32.1 Å². The highest BCUT2D eigenvalue weighted by Crippen LogP contribution is 2.36. The fraction of sp³-hybridized carbons (Fsp3) is 0.933. The Morgan fingerprint density at radius 2 is 2.00 bits per heavy atom. The van der Waals surface area contributed by atoms with Gasteiger partial charge in [-0.1, -0.05) is 20.3 Å². The summed E-state index contributed by atoms with van der Waals surface area (Å²) in [7, 11) is 2.01. The molecule has 1 aliphatic rings. The Kier molecular flexibility index (Phi) is 7.22. The van der Waals surface area contributed by atoms with E-state index in [1.807, 2.05) is 23.7 Å². The molecule has 0 bridgehead atoms. The molecule has 0 aromatic heterocycles. The zero-order valence-corrected chi connectivity index (χ0v) is 13.8. The van der Waals surface area contributed by atoms with Crippen LogP contribution < -0.4 is 5.32 Å². The molecule has 4 heteroatoms. The zero-order valence-electron chi connectivity index (χ0n) is 13.0. The van der Waals surface area contributed by atoms with Crippen LogP contribution in [-0.4, -0.2) is 49.0 Å². The van der Waals surface area contributed by atoms with Crippen molar-refractivity contribution in [3.05, 3.63) is 0 Å². The Balaban J connectivity index is 2.80. The number of carbonyl (C=O) groups is 1. The molecule has 1 fully saturated rings. The van der Waals surface area contributed by atoms with Gasteiger partial charge in [-0.2, -0.15) is 11.8 Å². The number of nitrogens with zero attached hydrogens (tertiary/aromatic N) is 1. The van der Waals surface area contributed by atoms with E-state index >= 15 is 0 Å². The molecule has 1 unspecified atom stereocenters. The second kappa shape index (κ2) is 8.15. The topological polar surface area (TPSA) is 32.3 Å². The fourth-order valence-electron chi connectivity index (χ4n) is 3.19. The van der Waals surface area contributed by atoms with Gasteiger partial charge in [-0.05, 0) is 45.0 Å². The van der Waals surface area contributed by atoms with Gasteiger partial charge in [0.2, 0.25) is 5.91 Å². The number of carbonyl (C=O) groups excluding carboxylic acids is 1. The number of amides is 1. The molecule has 1 N–H and O–H groups in total. The Morgan fingerprint density at radius 3 is 2.47 bits per heavy atom. The van der Waals surface area contributed by atoms with Gasteiger partial charge in [0.15, 0.2) is 0 Å². The molecular formula is C15H30N2OS. The molecule has 0 aliphatic carbocycles. The van der Waals surface area contributed by atoms with Crippen LogP contribution in [0.1, 0.15) is 46.0 Å². The van der Waals surface area contributed by atoms with Gasteiger partial charge in [0.1, 0.15) is 0 Å². The number of thioether (sulfide) groups is 1. The minimum atomic E-state index is -0.0966. The second-order valence-electron chi connectivity index (χ2n) is 5.71. The predicted octanol–water partition coefficient (Wildman–Crippen LogP) is 2.76. The number of rotatable bonds is 7. The average molecular weight is 286 g/mol. The smallest absolute Gasteiger partial charge is 0.228 e. The largest absolute Gasteiger partial charge is 0.341 e. The first kappa shape index (κ1) is 16.8. The van der Waals surface area contributed by atoms with Crippen molar-refractivity contribution in [2.45, 2.75) is 52.0 Å². The van der Waals surface area contributed by atoms with E-state index in [2.05, 4.69) is 25.4 Å². The Hall–Kier alpha value is -0.220. The fourth-order valence-corrected chi connectivity index (χ4v) is 4.03.